The van der Waals surface area contributed by atoms with Gasteiger partial charge < -0.3 is 15.2 Å². The van der Waals surface area contributed by atoms with E-state index in [1.807, 2.05) is 24.3 Å². The average Bonchev–Trinajstić information content (AvgIpc) is 2.40. The van der Waals surface area contributed by atoms with Crippen LogP contribution < -0.4 is 10.5 Å². The monoisotopic (exact) mass is 261 g/mol. The normalized spacial score (nSPS) is 11.1. The Morgan fingerprint density at radius 2 is 2.05 bits per heavy atom. The van der Waals surface area contributed by atoms with Crippen molar-refractivity contribution in [1.82, 2.24) is 0 Å². The van der Waals surface area contributed by atoms with Crippen molar-refractivity contribution in [2.24, 2.45) is 5.73 Å². The van der Waals surface area contributed by atoms with Gasteiger partial charge in [0.25, 0.3) is 0 Å². The van der Waals surface area contributed by atoms with Gasteiger partial charge in [-0.25, -0.2) is 0 Å². The fourth-order valence-electron chi connectivity index (χ4n) is 1.59. The van der Waals surface area contributed by atoms with E-state index in [2.05, 4.69) is 16.6 Å². The second kappa shape index (κ2) is 8.17. The Balaban J connectivity index is 2.46. The number of carbonyl (C=O) groups excluding carboxylic acids is 1. The fraction of sp³-hybridized carbons (Fsp3) is 0.400. The van der Waals surface area contributed by atoms with Crippen molar-refractivity contribution in [1.29, 1.82) is 0 Å². The molecule has 0 radical (unpaired) electrons. The lowest BCUT2D eigenvalue weighted by Crippen LogP contribution is -2.26. The third-order valence-corrected chi connectivity index (χ3v) is 2.57. The van der Waals surface area contributed by atoms with Crippen LogP contribution in [-0.4, -0.2) is 25.7 Å². The van der Waals surface area contributed by atoms with Crippen LogP contribution in [0.4, 0.5) is 0 Å². The lowest BCUT2D eigenvalue weighted by Gasteiger charge is -2.10. The topological polar surface area (TPSA) is 61.5 Å². The number of nitrogens with two attached hydrogens (primary N) is 1. The van der Waals surface area contributed by atoms with Crippen LogP contribution in [0.3, 0.4) is 0 Å². The molecule has 4 nitrogen and oxygen atoms in total. The van der Waals surface area contributed by atoms with Gasteiger partial charge in [-0.1, -0.05) is 18.1 Å². The molecule has 0 aliphatic heterocycles. The van der Waals surface area contributed by atoms with E-state index >= 15 is 0 Å². The summed E-state index contributed by atoms with van der Waals surface area (Å²) in [6.07, 6.45) is 0.852. The van der Waals surface area contributed by atoms with E-state index in [1.54, 1.807) is 6.92 Å². The van der Waals surface area contributed by atoms with E-state index in [0.717, 1.165) is 11.3 Å². The van der Waals surface area contributed by atoms with Crippen molar-refractivity contribution < 1.29 is 14.3 Å². The molecular formula is C15H19NO3. The summed E-state index contributed by atoms with van der Waals surface area (Å²) in [5, 5.41) is 0. The molecule has 0 saturated heterocycles. The average molecular weight is 261 g/mol. The highest BCUT2D eigenvalue weighted by atomic mass is 16.5. The summed E-state index contributed by atoms with van der Waals surface area (Å²) in [4.78, 5) is 11.1. The third kappa shape index (κ3) is 5.94. The first-order valence-corrected chi connectivity index (χ1v) is 6.09. The van der Waals surface area contributed by atoms with E-state index in [9.17, 15) is 4.79 Å². The molecule has 0 saturated carbocycles. The second-order valence-corrected chi connectivity index (χ2v) is 4.10. The zero-order valence-electron chi connectivity index (χ0n) is 11.3. The van der Waals surface area contributed by atoms with Gasteiger partial charge in [-0.2, -0.15) is 0 Å². The van der Waals surface area contributed by atoms with Crippen LogP contribution in [0.2, 0.25) is 0 Å². The first-order chi connectivity index (χ1) is 9.15. The molecule has 1 aromatic rings. The van der Waals surface area contributed by atoms with Crippen molar-refractivity contribution in [3.8, 4) is 17.6 Å². The number of hydrogen-bond acceptors (Lipinski definition) is 4. The molecule has 2 N–H and O–H groups in total. The summed E-state index contributed by atoms with van der Waals surface area (Å²) >= 11 is 0. The molecule has 0 aliphatic carbocycles. The second-order valence-electron chi connectivity index (χ2n) is 4.10. The predicted molar refractivity (Wildman–Crippen MR) is 73.7 cm³/mol. The van der Waals surface area contributed by atoms with Crippen molar-refractivity contribution in [2.75, 3.05) is 13.7 Å². The SMILES string of the molecule is CC#CCOc1ccc(C[C@H](N)CC(=O)OC)cc1. The third-order valence-electron chi connectivity index (χ3n) is 2.57. The van der Waals surface area contributed by atoms with Crippen LogP contribution in [0.1, 0.15) is 18.9 Å². The molecule has 19 heavy (non-hydrogen) atoms. The number of esters is 1. The molecule has 0 amide bonds. The Morgan fingerprint density at radius 3 is 2.63 bits per heavy atom. The molecule has 4 heteroatoms. The van der Waals surface area contributed by atoms with E-state index in [0.29, 0.717) is 13.0 Å². The van der Waals surface area contributed by atoms with Crippen LogP contribution in [0.5, 0.6) is 5.75 Å². The summed E-state index contributed by atoms with van der Waals surface area (Å²) in [6.45, 7) is 2.16. The Bertz CT molecular complexity index is 457. The minimum Gasteiger partial charge on any atom is -0.481 e. The van der Waals surface area contributed by atoms with E-state index in [4.69, 9.17) is 10.5 Å². The highest BCUT2D eigenvalue weighted by molar-refractivity contribution is 5.69. The fourth-order valence-corrected chi connectivity index (χ4v) is 1.59. The molecule has 0 aliphatic rings. The van der Waals surface area contributed by atoms with Crippen molar-refractivity contribution in [2.45, 2.75) is 25.8 Å². The number of carbonyl (C=O) groups is 1. The van der Waals surface area contributed by atoms with Gasteiger partial charge in [0.15, 0.2) is 0 Å². The Hall–Kier alpha value is -1.99. The van der Waals surface area contributed by atoms with E-state index < -0.39 is 0 Å². The minimum atomic E-state index is -0.286. The standard InChI is InChI=1S/C15H19NO3/c1-3-4-9-19-14-7-5-12(6-8-14)10-13(16)11-15(17)18-2/h5-8,13H,9-11,16H2,1-2H3/t13-/m0/s1. The predicted octanol–water partition coefficient (Wildman–Crippen LogP) is 1.52. The largest absolute Gasteiger partial charge is 0.481 e. The molecule has 1 rings (SSSR count). The van der Waals surface area contributed by atoms with Crippen LogP contribution >= 0.6 is 0 Å². The number of benzene rings is 1. The maximum atomic E-state index is 11.1. The van der Waals surface area contributed by atoms with Crippen LogP contribution in [0.15, 0.2) is 24.3 Å². The van der Waals surface area contributed by atoms with Crippen LogP contribution in [-0.2, 0) is 16.0 Å². The number of hydrogen-bond donors (Lipinski definition) is 1. The quantitative estimate of drug-likeness (QED) is 0.623. The summed E-state index contributed by atoms with van der Waals surface area (Å²) in [6, 6.07) is 7.39. The molecule has 0 heterocycles. The summed E-state index contributed by atoms with van der Waals surface area (Å²) in [7, 11) is 1.36. The molecule has 1 aromatic carbocycles. The van der Waals surface area contributed by atoms with Gasteiger partial charge in [-0.3, -0.25) is 4.79 Å². The molecular weight excluding hydrogens is 242 g/mol. The van der Waals surface area contributed by atoms with E-state index in [-0.39, 0.29) is 18.4 Å². The smallest absolute Gasteiger partial charge is 0.307 e. The number of methoxy groups -OCH3 is 1. The summed E-state index contributed by atoms with van der Waals surface area (Å²) in [5.74, 6) is 6.08. The first kappa shape index (κ1) is 15.1. The molecule has 0 bridgehead atoms. The molecule has 1 atom stereocenters. The van der Waals surface area contributed by atoms with Gasteiger partial charge >= 0.3 is 5.97 Å². The Kier molecular flexibility index (Phi) is 6.48. The van der Waals surface area contributed by atoms with Crippen LogP contribution in [0.25, 0.3) is 0 Å². The molecule has 0 fully saturated rings. The molecule has 0 aromatic heterocycles. The van der Waals surface area contributed by atoms with Gasteiger partial charge in [-0.15, -0.1) is 5.92 Å². The van der Waals surface area contributed by atoms with Gasteiger partial charge in [0.05, 0.1) is 13.5 Å². The van der Waals surface area contributed by atoms with Crippen LogP contribution in [0, 0.1) is 11.8 Å². The van der Waals surface area contributed by atoms with Crippen molar-refractivity contribution in [3.63, 3.8) is 0 Å². The zero-order chi connectivity index (χ0) is 14.1. The maximum Gasteiger partial charge on any atom is 0.307 e. The number of rotatable bonds is 6. The maximum absolute atomic E-state index is 11.1. The minimum absolute atomic E-state index is 0.223. The highest BCUT2D eigenvalue weighted by Gasteiger charge is 2.10. The lowest BCUT2D eigenvalue weighted by atomic mass is 10.0. The first-order valence-electron chi connectivity index (χ1n) is 6.09. The summed E-state index contributed by atoms with van der Waals surface area (Å²) in [5.41, 5.74) is 6.93. The van der Waals surface area contributed by atoms with Crippen molar-refractivity contribution in [3.05, 3.63) is 29.8 Å². The van der Waals surface area contributed by atoms with Gasteiger partial charge in [0, 0.05) is 6.04 Å². The summed E-state index contributed by atoms with van der Waals surface area (Å²) < 4.78 is 9.99. The molecule has 0 unspecified atom stereocenters. The Labute approximate surface area is 113 Å². The van der Waals surface area contributed by atoms with Gasteiger partial charge in [0.2, 0.25) is 0 Å². The van der Waals surface area contributed by atoms with Gasteiger partial charge in [0.1, 0.15) is 12.4 Å². The zero-order valence-corrected chi connectivity index (χ0v) is 11.3. The lowest BCUT2D eigenvalue weighted by molar-refractivity contribution is -0.140. The van der Waals surface area contributed by atoms with E-state index in [1.165, 1.54) is 7.11 Å². The Morgan fingerprint density at radius 1 is 1.37 bits per heavy atom. The molecule has 0 spiro atoms. The highest BCUT2D eigenvalue weighted by Crippen LogP contribution is 2.13. The number of ether oxygens (including phenoxy) is 2. The molecule has 102 valence electrons. The van der Waals surface area contributed by atoms with Gasteiger partial charge in [-0.05, 0) is 31.0 Å². The van der Waals surface area contributed by atoms with Crippen molar-refractivity contribution >= 4 is 5.97 Å².